The monoisotopic (exact) mass is 468 g/mol. The van der Waals surface area contributed by atoms with Crippen molar-refractivity contribution in [2.24, 2.45) is 0 Å². The van der Waals surface area contributed by atoms with Gasteiger partial charge in [0.25, 0.3) is 5.91 Å². The molecule has 0 saturated carbocycles. The van der Waals surface area contributed by atoms with E-state index in [4.69, 9.17) is 21.6 Å². The molecule has 0 N–H and O–H groups in total. The maximum Gasteiger partial charge on any atom is 0.253 e. The van der Waals surface area contributed by atoms with Crippen molar-refractivity contribution in [2.45, 2.75) is 51.9 Å². The number of anilines is 1. The molecular formula is C25H29ClN4OS. The fraction of sp³-hybridized carbons (Fsp3) is 0.480. The highest BCUT2D eigenvalue weighted by atomic mass is 35.5. The van der Waals surface area contributed by atoms with Crippen LogP contribution in [-0.2, 0) is 19.3 Å². The van der Waals surface area contributed by atoms with Gasteiger partial charge in [0.15, 0.2) is 0 Å². The van der Waals surface area contributed by atoms with Crippen LogP contribution in [0.15, 0.2) is 24.3 Å². The highest BCUT2D eigenvalue weighted by Gasteiger charge is 2.27. The summed E-state index contributed by atoms with van der Waals surface area (Å²) in [5.41, 5.74) is 2.18. The number of halogens is 1. The Morgan fingerprint density at radius 3 is 2.53 bits per heavy atom. The van der Waals surface area contributed by atoms with Crippen LogP contribution in [0.4, 0.5) is 5.82 Å². The standard InChI is InChI=1S/C25H29ClN4OS/c1-2-6-21-27-23(22-19-7-4-3-5-8-20(19)32-24(22)28-21)29-13-15-30(16-14-29)25(31)17-9-11-18(26)12-10-17/h9-12H,2-8,13-16H2,1H3. The van der Waals surface area contributed by atoms with E-state index in [-0.39, 0.29) is 5.91 Å². The van der Waals surface area contributed by atoms with Crippen LogP contribution in [-0.4, -0.2) is 47.0 Å². The molecule has 0 unspecified atom stereocenters. The minimum atomic E-state index is 0.0743. The molecule has 1 saturated heterocycles. The number of amides is 1. The average molecular weight is 469 g/mol. The van der Waals surface area contributed by atoms with E-state index in [1.54, 1.807) is 12.1 Å². The summed E-state index contributed by atoms with van der Waals surface area (Å²) < 4.78 is 0. The average Bonchev–Trinajstić information content (AvgIpc) is 2.99. The summed E-state index contributed by atoms with van der Waals surface area (Å²) in [4.78, 5) is 29.9. The zero-order valence-electron chi connectivity index (χ0n) is 18.6. The number of aryl methyl sites for hydroxylation is 3. The van der Waals surface area contributed by atoms with Crippen LogP contribution >= 0.6 is 22.9 Å². The summed E-state index contributed by atoms with van der Waals surface area (Å²) in [7, 11) is 0. The molecule has 2 aliphatic rings. The van der Waals surface area contributed by atoms with E-state index in [1.807, 2.05) is 28.4 Å². The summed E-state index contributed by atoms with van der Waals surface area (Å²) in [6.07, 6.45) is 8.07. The zero-order chi connectivity index (χ0) is 22.1. The minimum Gasteiger partial charge on any atom is -0.352 e. The summed E-state index contributed by atoms with van der Waals surface area (Å²) >= 11 is 7.86. The van der Waals surface area contributed by atoms with E-state index in [2.05, 4.69) is 11.8 Å². The second-order valence-corrected chi connectivity index (χ2v) is 10.3. The number of thiophene rings is 1. The van der Waals surface area contributed by atoms with Gasteiger partial charge in [-0.15, -0.1) is 11.3 Å². The predicted octanol–water partition coefficient (Wildman–Crippen LogP) is 5.53. The van der Waals surface area contributed by atoms with Crippen LogP contribution in [0.5, 0.6) is 0 Å². The molecular weight excluding hydrogens is 440 g/mol. The van der Waals surface area contributed by atoms with Crippen LogP contribution < -0.4 is 4.90 Å². The number of aromatic nitrogens is 2. The molecule has 2 aromatic heterocycles. The van der Waals surface area contributed by atoms with Crippen molar-refractivity contribution in [1.82, 2.24) is 14.9 Å². The number of hydrogen-bond acceptors (Lipinski definition) is 5. The second-order valence-electron chi connectivity index (χ2n) is 8.74. The number of benzene rings is 1. The highest BCUT2D eigenvalue weighted by Crippen LogP contribution is 2.39. The fourth-order valence-electron chi connectivity index (χ4n) is 4.82. The Hall–Kier alpha value is -2.18. The lowest BCUT2D eigenvalue weighted by Gasteiger charge is -2.36. The third-order valence-corrected chi connectivity index (χ3v) is 7.96. The molecule has 1 amide bonds. The van der Waals surface area contributed by atoms with Crippen LogP contribution in [0.25, 0.3) is 10.2 Å². The summed E-state index contributed by atoms with van der Waals surface area (Å²) in [5, 5.41) is 1.93. The summed E-state index contributed by atoms with van der Waals surface area (Å²) in [6, 6.07) is 7.17. The van der Waals surface area contributed by atoms with Gasteiger partial charge in [-0.3, -0.25) is 4.79 Å². The number of nitrogens with zero attached hydrogens (tertiary/aromatic N) is 4. The number of piperazine rings is 1. The molecule has 1 fully saturated rings. The Labute approximate surface area is 198 Å². The van der Waals surface area contributed by atoms with Crippen molar-refractivity contribution in [3.8, 4) is 0 Å². The number of carbonyl (C=O) groups excluding carboxylic acids is 1. The van der Waals surface area contributed by atoms with Gasteiger partial charge in [0.2, 0.25) is 0 Å². The molecule has 32 heavy (non-hydrogen) atoms. The molecule has 0 radical (unpaired) electrons. The molecule has 0 atom stereocenters. The van der Waals surface area contributed by atoms with Crippen LogP contribution in [0.1, 0.15) is 59.2 Å². The minimum absolute atomic E-state index is 0.0743. The van der Waals surface area contributed by atoms with Crippen molar-refractivity contribution in [3.63, 3.8) is 0 Å². The third kappa shape index (κ3) is 4.23. The lowest BCUT2D eigenvalue weighted by Crippen LogP contribution is -2.49. The Morgan fingerprint density at radius 2 is 1.78 bits per heavy atom. The highest BCUT2D eigenvalue weighted by molar-refractivity contribution is 7.19. The number of carbonyl (C=O) groups is 1. The van der Waals surface area contributed by atoms with E-state index in [0.717, 1.165) is 48.8 Å². The van der Waals surface area contributed by atoms with Crippen molar-refractivity contribution in [2.75, 3.05) is 31.1 Å². The molecule has 0 spiro atoms. The first-order valence-corrected chi connectivity index (χ1v) is 12.9. The van der Waals surface area contributed by atoms with Gasteiger partial charge in [0.1, 0.15) is 16.5 Å². The Balaban J connectivity index is 1.42. The van der Waals surface area contributed by atoms with Crippen LogP contribution in [0.3, 0.4) is 0 Å². The van der Waals surface area contributed by atoms with Crippen molar-refractivity contribution in [1.29, 1.82) is 0 Å². The quantitative estimate of drug-likeness (QED) is 0.472. The van der Waals surface area contributed by atoms with Gasteiger partial charge in [-0.1, -0.05) is 24.9 Å². The van der Waals surface area contributed by atoms with Crippen LogP contribution in [0.2, 0.25) is 5.02 Å². The Kier molecular flexibility index (Phi) is 6.33. The first-order chi connectivity index (χ1) is 15.6. The molecule has 5 rings (SSSR count). The maximum atomic E-state index is 12.9. The molecule has 3 heterocycles. The van der Waals surface area contributed by atoms with Gasteiger partial charge >= 0.3 is 0 Å². The lowest BCUT2D eigenvalue weighted by molar-refractivity contribution is 0.0746. The molecule has 1 aliphatic carbocycles. The largest absolute Gasteiger partial charge is 0.352 e. The molecule has 1 aromatic carbocycles. The number of fused-ring (bicyclic) bond motifs is 3. The topological polar surface area (TPSA) is 49.3 Å². The van der Waals surface area contributed by atoms with E-state index in [1.165, 1.54) is 41.5 Å². The van der Waals surface area contributed by atoms with Gasteiger partial charge in [0, 0.05) is 48.1 Å². The van der Waals surface area contributed by atoms with Gasteiger partial charge in [-0.2, -0.15) is 0 Å². The van der Waals surface area contributed by atoms with Gasteiger partial charge in [0.05, 0.1) is 5.39 Å². The van der Waals surface area contributed by atoms with E-state index >= 15 is 0 Å². The molecule has 5 nitrogen and oxygen atoms in total. The SMILES string of the molecule is CCCc1nc(N2CCN(C(=O)c3ccc(Cl)cc3)CC2)c2c3c(sc2n1)CCCCC3. The van der Waals surface area contributed by atoms with E-state index < -0.39 is 0 Å². The van der Waals surface area contributed by atoms with Gasteiger partial charge < -0.3 is 9.80 Å². The number of hydrogen-bond donors (Lipinski definition) is 0. The van der Waals surface area contributed by atoms with Crippen molar-refractivity contribution in [3.05, 3.63) is 51.1 Å². The van der Waals surface area contributed by atoms with Crippen LogP contribution in [0, 0.1) is 0 Å². The smallest absolute Gasteiger partial charge is 0.253 e. The van der Waals surface area contributed by atoms with Gasteiger partial charge in [-0.25, -0.2) is 9.97 Å². The molecule has 3 aromatic rings. The van der Waals surface area contributed by atoms with Crippen molar-refractivity contribution < 1.29 is 4.79 Å². The Morgan fingerprint density at radius 1 is 1.03 bits per heavy atom. The number of rotatable bonds is 4. The maximum absolute atomic E-state index is 12.9. The summed E-state index contributed by atoms with van der Waals surface area (Å²) in [6.45, 7) is 5.16. The first kappa shape index (κ1) is 21.7. The second kappa shape index (κ2) is 9.36. The molecule has 0 bridgehead atoms. The molecule has 1 aliphatic heterocycles. The van der Waals surface area contributed by atoms with Gasteiger partial charge in [-0.05, 0) is 61.9 Å². The predicted molar refractivity (Wildman–Crippen MR) is 132 cm³/mol. The molecule has 168 valence electrons. The van der Waals surface area contributed by atoms with Crippen molar-refractivity contribution >= 4 is 44.9 Å². The van der Waals surface area contributed by atoms with E-state index in [0.29, 0.717) is 23.7 Å². The third-order valence-electron chi connectivity index (χ3n) is 6.52. The lowest BCUT2D eigenvalue weighted by atomic mass is 10.1. The van der Waals surface area contributed by atoms with E-state index in [9.17, 15) is 4.79 Å². The fourth-order valence-corrected chi connectivity index (χ4v) is 6.22. The zero-order valence-corrected chi connectivity index (χ0v) is 20.1. The summed E-state index contributed by atoms with van der Waals surface area (Å²) in [5.74, 6) is 2.12. The first-order valence-electron chi connectivity index (χ1n) is 11.7. The Bertz CT molecular complexity index is 1120. The molecule has 7 heteroatoms. The normalized spacial score (nSPS) is 16.8.